The Kier molecular flexibility index (Phi) is 4.18. The van der Waals surface area contributed by atoms with Crippen molar-refractivity contribution in [2.75, 3.05) is 0 Å². The first kappa shape index (κ1) is 14.9. The minimum absolute atomic E-state index is 0.167. The molecule has 0 unspecified atom stereocenters. The molecule has 1 heterocycles. The van der Waals surface area contributed by atoms with Gasteiger partial charge in [0.1, 0.15) is 0 Å². The molecule has 21 heavy (non-hydrogen) atoms. The molecule has 0 amide bonds. The molecular weight excluding hydrogens is 283 g/mol. The molecule has 0 spiro atoms. The molecule has 0 aliphatic carbocycles. The molecule has 0 atom stereocenters. The van der Waals surface area contributed by atoms with E-state index in [1.807, 2.05) is 6.92 Å². The van der Waals surface area contributed by atoms with Crippen molar-refractivity contribution in [2.24, 2.45) is 5.11 Å². The first-order valence-electron chi connectivity index (χ1n) is 6.21. The van der Waals surface area contributed by atoms with Gasteiger partial charge in [0.25, 0.3) is 0 Å². The smallest absolute Gasteiger partial charge is 0.240 e. The summed E-state index contributed by atoms with van der Waals surface area (Å²) in [6, 6.07) is 4.73. The molecule has 1 aromatic heterocycles. The van der Waals surface area contributed by atoms with Gasteiger partial charge in [-0.1, -0.05) is 12.0 Å². The Bertz CT molecular complexity index is 666. The lowest BCUT2D eigenvalue weighted by Gasteiger charge is -2.07. The molecule has 0 N–H and O–H groups in total. The molecule has 0 radical (unpaired) electrons. The van der Waals surface area contributed by atoms with E-state index in [4.69, 9.17) is 5.53 Å². The number of nitrogens with zero attached hydrogens (tertiary/aromatic N) is 5. The van der Waals surface area contributed by atoms with Gasteiger partial charge in [0.2, 0.25) is 0 Å². The number of rotatable bonds is 4. The van der Waals surface area contributed by atoms with Crippen molar-refractivity contribution in [3.8, 4) is 5.69 Å². The van der Waals surface area contributed by atoms with Crippen LogP contribution in [0.15, 0.2) is 35.6 Å². The monoisotopic (exact) mass is 295 g/mol. The maximum Gasteiger partial charge on any atom is 0.416 e. The van der Waals surface area contributed by atoms with Gasteiger partial charge in [-0.15, -0.1) is 0 Å². The van der Waals surface area contributed by atoms with Crippen LogP contribution in [0.2, 0.25) is 0 Å². The zero-order valence-electron chi connectivity index (χ0n) is 11.2. The predicted molar refractivity (Wildman–Crippen MR) is 70.8 cm³/mol. The quantitative estimate of drug-likeness (QED) is 0.472. The summed E-state index contributed by atoms with van der Waals surface area (Å²) in [5, 5.41) is 7.78. The largest absolute Gasteiger partial charge is 0.416 e. The van der Waals surface area contributed by atoms with Gasteiger partial charge in [-0.05, 0) is 41.8 Å². The van der Waals surface area contributed by atoms with E-state index >= 15 is 0 Å². The summed E-state index contributed by atoms with van der Waals surface area (Å²) in [4.78, 5) is 2.69. The second kappa shape index (κ2) is 5.88. The van der Waals surface area contributed by atoms with Gasteiger partial charge in [-0.3, -0.25) is 0 Å². The van der Waals surface area contributed by atoms with E-state index in [0.717, 1.165) is 23.4 Å². The van der Waals surface area contributed by atoms with Crippen molar-refractivity contribution in [1.82, 2.24) is 9.78 Å². The average Bonchev–Trinajstić information content (AvgIpc) is 2.87. The number of aryl methyl sites for hydroxylation is 1. The van der Waals surface area contributed by atoms with Gasteiger partial charge in [0.15, 0.2) is 0 Å². The van der Waals surface area contributed by atoms with E-state index in [0.29, 0.717) is 12.1 Å². The first-order chi connectivity index (χ1) is 9.95. The van der Waals surface area contributed by atoms with Gasteiger partial charge < -0.3 is 0 Å². The third-order valence-electron chi connectivity index (χ3n) is 2.98. The zero-order valence-corrected chi connectivity index (χ0v) is 11.2. The topological polar surface area (TPSA) is 66.6 Å². The normalized spacial score (nSPS) is 11.2. The molecule has 5 nitrogen and oxygen atoms in total. The molecular formula is C13H12F3N5. The lowest BCUT2D eigenvalue weighted by atomic mass is 10.2. The van der Waals surface area contributed by atoms with Crippen molar-refractivity contribution in [3.63, 3.8) is 0 Å². The van der Waals surface area contributed by atoms with E-state index in [1.165, 1.54) is 16.8 Å². The molecule has 8 heteroatoms. The molecule has 1 aromatic carbocycles. The number of hydrogen-bond acceptors (Lipinski definition) is 2. The Balaban J connectivity index is 2.33. The van der Waals surface area contributed by atoms with Crippen LogP contribution in [0.25, 0.3) is 16.1 Å². The Morgan fingerprint density at radius 1 is 1.29 bits per heavy atom. The lowest BCUT2D eigenvalue weighted by molar-refractivity contribution is -0.137. The van der Waals surface area contributed by atoms with Crippen LogP contribution in [-0.4, -0.2) is 9.78 Å². The second-order valence-corrected chi connectivity index (χ2v) is 4.33. The summed E-state index contributed by atoms with van der Waals surface area (Å²) in [6.07, 6.45) is -2.05. The van der Waals surface area contributed by atoms with Crippen molar-refractivity contribution < 1.29 is 13.2 Å². The summed E-state index contributed by atoms with van der Waals surface area (Å²) >= 11 is 0. The molecule has 110 valence electrons. The van der Waals surface area contributed by atoms with Gasteiger partial charge in [-0.2, -0.15) is 18.3 Å². The number of halogens is 3. The minimum atomic E-state index is -4.36. The van der Waals surface area contributed by atoms with Crippen molar-refractivity contribution >= 4 is 0 Å². The van der Waals surface area contributed by atoms with E-state index in [9.17, 15) is 13.2 Å². The van der Waals surface area contributed by atoms with Crippen LogP contribution in [0.5, 0.6) is 0 Å². The molecule has 2 aromatic rings. The van der Waals surface area contributed by atoms with Crippen LogP contribution < -0.4 is 0 Å². The Morgan fingerprint density at radius 3 is 2.48 bits per heavy atom. The molecule has 0 fully saturated rings. The number of hydrogen-bond donors (Lipinski definition) is 0. The highest BCUT2D eigenvalue weighted by atomic mass is 19.4. The molecule has 0 saturated carbocycles. The summed E-state index contributed by atoms with van der Waals surface area (Å²) in [7, 11) is 0. The van der Waals surface area contributed by atoms with E-state index < -0.39 is 11.7 Å². The molecule has 0 saturated heterocycles. The molecule has 0 bridgehead atoms. The van der Waals surface area contributed by atoms with Crippen LogP contribution >= 0.6 is 0 Å². The second-order valence-electron chi connectivity index (χ2n) is 4.33. The standard InChI is InChI=1S/C13H12F3N5/c1-2-12-9(7-18-20-17)8-21(19-12)11-5-3-10(4-6-11)13(14,15)16/h3-6,8H,2,7H2,1H3. The van der Waals surface area contributed by atoms with Crippen molar-refractivity contribution in [1.29, 1.82) is 0 Å². The summed E-state index contributed by atoms with van der Waals surface area (Å²) in [6.45, 7) is 2.07. The van der Waals surface area contributed by atoms with Gasteiger partial charge in [0, 0.05) is 11.1 Å². The molecule has 0 aliphatic heterocycles. The number of azide groups is 1. The van der Waals surface area contributed by atoms with Crippen LogP contribution in [0.3, 0.4) is 0 Å². The maximum atomic E-state index is 12.5. The fourth-order valence-corrected chi connectivity index (χ4v) is 1.92. The summed E-state index contributed by atoms with van der Waals surface area (Å²) < 4.78 is 39.0. The SMILES string of the molecule is CCc1nn(-c2ccc(C(F)(F)F)cc2)cc1CN=[N+]=[N-]. The highest BCUT2D eigenvalue weighted by Gasteiger charge is 2.30. The van der Waals surface area contributed by atoms with Gasteiger partial charge in [-0.25, -0.2) is 4.68 Å². The Labute approximate surface area is 118 Å². The van der Waals surface area contributed by atoms with Crippen molar-refractivity contribution in [2.45, 2.75) is 26.1 Å². The van der Waals surface area contributed by atoms with Gasteiger partial charge in [0.05, 0.1) is 23.5 Å². The third-order valence-corrected chi connectivity index (χ3v) is 2.98. The number of benzene rings is 1. The summed E-state index contributed by atoms with van der Waals surface area (Å²) in [5.41, 5.74) is 9.67. The maximum absolute atomic E-state index is 12.5. The summed E-state index contributed by atoms with van der Waals surface area (Å²) in [5.74, 6) is 0. The highest BCUT2D eigenvalue weighted by Crippen LogP contribution is 2.29. The number of alkyl halides is 3. The van der Waals surface area contributed by atoms with Crippen molar-refractivity contribution in [3.05, 3.63) is 57.7 Å². The van der Waals surface area contributed by atoms with Crippen LogP contribution in [-0.2, 0) is 19.1 Å². The van der Waals surface area contributed by atoms with Crippen LogP contribution in [0.4, 0.5) is 13.2 Å². The lowest BCUT2D eigenvalue weighted by Crippen LogP contribution is -2.05. The first-order valence-corrected chi connectivity index (χ1v) is 6.21. The van der Waals surface area contributed by atoms with E-state index in [-0.39, 0.29) is 6.54 Å². The molecule has 0 aliphatic rings. The van der Waals surface area contributed by atoms with Gasteiger partial charge >= 0.3 is 6.18 Å². The fourth-order valence-electron chi connectivity index (χ4n) is 1.92. The number of aromatic nitrogens is 2. The predicted octanol–water partition coefficient (Wildman–Crippen LogP) is 4.26. The average molecular weight is 295 g/mol. The zero-order chi connectivity index (χ0) is 15.5. The van der Waals surface area contributed by atoms with E-state index in [1.54, 1.807) is 6.20 Å². The molecule has 2 rings (SSSR count). The minimum Gasteiger partial charge on any atom is -0.240 e. The third kappa shape index (κ3) is 3.35. The highest BCUT2D eigenvalue weighted by molar-refractivity contribution is 5.36. The van der Waals surface area contributed by atoms with Crippen LogP contribution in [0.1, 0.15) is 23.7 Å². The van der Waals surface area contributed by atoms with Crippen LogP contribution in [0, 0.1) is 0 Å². The van der Waals surface area contributed by atoms with E-state index in [2.05, 4.69) is 15.1 Å². The Morgan fingerprint density at radius 2 is 1.95 bits per heavy atom. The fraction of sp³-hybridized carbons (Fsp3) is 0.308. The Hall–Kier alpha value is -2.47.